The number of likely N-dealkylation sites (tertiary alicyclic amines) is 1. The minimum absolute atomic E-state index is 0.178. The molecule has 1 aliphatic rings. The van der Waals surface area contributed by atoms with Gasteiger partial charge in [-0.1, -0.05) is 12.5 Å². The number of rotatable bonds is 10. The Morgan fingerprint density at radius 2 is 1.97 bits per heavy atom. The van der Waals surface area contributed by atoms with Crippen molar-refractivity contribution in [2.45, 2.75) is 44.7 Å². The molecule has 1 aromatic rings. The Morgan fingerprint density at radius 1 is 1.20 bits per heavy atom. The number of piperidine rings is 1. The molecule has 2 atom stereocenters. The van der Waals surface area contributed by atoms with E-state index in [1.54, 1.807) is 14.2 Å². The molecular weight excluding hydrogens is 378 g/mol. The maximum Gasteiger partial charge on any atom is 0.191 e. The summed E-state index contributed by atoms with van der Waals surface area (Å²) in [6, 6.07) is 6.99. The van der Waals surface area contributed by atoms with Crippen LogP contribution >= 0.6 is 0 Å². The minimum Gasteiger partial charge on any atom is -0.493 e. The molecule has 2 N–H and O–H groups in total. The summed E-state index contributed by atoms with van der Waals surface area (Å²) in [5.74, 6) is 2.33. The fraction of sp³-hybridized carbons (Fsp3) is 0.696. The number of methoxy groups -OCH3 is 2. The first kappa shape index (κ1) is 24.3. The molecule has 0 saturated carbocycles. The average Bonchev–Trinajstić information content (AvgIpc) is 2.76. The normalized spacial score (nSPS) is 18.9. The Kier molecular flexibility index (Phi) is 10.2. The molecule has 170 valence electrons. The number of nitrogens with one attached hydrogen (secondary N) is 2. The van der Waals surface area contributed by atoms with Crippen molar-refractivity contribution in [2.24, 2.45) is 4.99 Å². The summed E-state index contributed by atoms with van der Waals surface area (Å²) in [6.07, 6.45) is 5.17. The van der Waals surface area contributed by atoms with E-state index in [9.17, 15) is 0 Å². The van der Waals surface area contributed by atoms with E-state index in [2.05, 4.69) is 52.5 Å². The number of likely N-dealkylation sites (N-methyl/N-ethyl adjacent to an activating group) is 1. The fourth-order valence-electron chi connectivity index (χ4n) is 4.05. The second kappa shape index (κ2) is 12.6. The first-order valence-electron chi connectivity index (χ1n) is 11.1. The third kappa shape index (κ3) is 7.06. The van der Waals surface area contributed by atoms with Crippen molar-refractivity contribution in [2.75, 3.05) is 61.5 Å². The van der Waals surface area contributed by atoms with Gasteiger partial charge in [0.1, 0.15) is 0 Å². The van der Waals surface area contributed by atoms with Crippen LogP contribution in [-0.4, -0.2) is 83.3 Å². The Labute approximate surface area is 182 Å². The second-order valence-corrected chi connectivity index (χ2v) is 8.21. The molecule has 2 rings (SSSR count). The van der Waals surface area contributed by atoms with Gasteiger partial charge in [0.05, 0.1) is 20.3 Å². The predicted octanol–water partition coefficient (Wildman–Crippen LogP) is 2.74. The predicted molar refractivity (Wildman–Crippen MR) is 125 cm³/mol. The lowest BCUT2D eigenvalue weighted by Crippen LogP contribution is -2.43. The number of hydrogen-bond acceptors (Lipinski definition) is 5. The van der Waals surface area contributed by atoms with Crippen LogP contribution in [-0.2, 0) is 0 Å². The monoisotopic (exact) mass is 419 g/mol. The Hall–Kier alpha value is -1.99. The van der Waals surface area contributed by atoms with Crippen LogP contribution < -0.4 is 20.1 Å². The Bertz CT molecular complexity index is 665. The van der Waals surface area contributed by atoms with Gasteiger partial charge in [0.25, 0.3) is 0 Å². The molecule has 7 heteroatoms. The summed E-state index contributed by atoms with van der Waals surface area (Å²) in [5, 5.41) is 6.93. The van der Waals surface area contributed by atoms with E-state index in [0.717, 1.165) is 49.6 Å². The van der Waals surface area contributed by atoms with Crippen LogP contribution in [0.5, 0.6) is 11.5 Å². The van der Waals surface area contributed by atoms with Gasteiger partial charge in [-0.3, -0.25) is 4.99 Å². The summed E-state index contributed by atoms with van der Waals surface area (Å²) in [6.45, 7) is 6.40. The van der Waals surface area contributed by atoms with Gasteiger partial charge in [0.15, 0.2) is 17.5 Å². The van der Waals surface area contributed by atoms with Gasteiger partial charge >= 0.3 is 0 Å². The summed E-state index contributed by atoms with van der Waals surface area (Å²) in [7, 11) is 9.31. The van der Waals surface area contributed by atoms with Gasteiger partial charge in [-0.05, 0) is 64.5 Å². The smallest absolute Gasteiger partial charge is 0.191 e. The molecule has 30 heavy (non-hydrogen) atoms. The molecule has 1 fully saturated rings. The number of benzene rings is 1. The highest BCUT2D eigenvalue weighted by Gasteiger charge is 2.18. The van der Waals surface area contributed by atoms with Crippen molar-refractivity contribution in [3.05, 3.63) is 23.8 Å². The summed E-state index contributed by atoms with van der Waals surface area (Å²) >= 11 is 0. The minimum atomic E-state index is 0.178. The van der Waals surface area contributed by atoms with Gasteiger partial charge in [-0.25, -0.2) is 0 Å². The van der Waals surface area contributed by atoms with Crippen molar-refractivity contribution in [3.8, 4) is 11.5 Å². The van der Waals surface area contributed by atoms with Crippen molar-refractivity contribution in [3.63, 3.8) is 0 Å². The molecule has 1 saturated heterocycles. The third-order valence-electron chi connectivity index (χ3n) is 5.96. The fourth-order valence-corrected chi connectivity index (χ4v) is 4.05. The van der Waals surface area contributed by atoms with Crippen LogP contribution in [0, 0.1) is 0 Å². The molecule has 7 nitrogen and oxygen atoms in total. The summed E-state index contributed by atoms with van der Waals surface area (Å²) < 4.78 is 10.8. The molecule has 0 bridgehead atoms. The van der Waals surface area contributed by atoms with Crippen LogP contribution in [0.4, 0.5) is 0 Å². The summed E-state index contributed by atoms with van der Waals surface area (Å²) in [5.41, 5.74) is 1.17. The SMILES string of the molecule is CN=C(NCCCN1CCCCC1C)NCC(c1ccc(OC)c(OC)c1)N(C)C. The molecule has 1 heterocycles. The highest BCUT2D eigenvalue weighted by Crippen LogP contribution is 2.31. The molecule has 0 aliphatic carbocycles. The van der Waals surface area contributed by atoms with Gasteiger partial charge in [0, 0.05) is 32.7 Å². The molecule has 1 aliphatic heterocycles. The van der Waals surface area contributed by atoms with E-state index in [1.807, 2.05) is 19.2 Å². The molecule has 1 aromatic carbocycles. The number of ether oxygens (including phenoxy) is 2. The van der Waals surface area contributed by atoms with E-state index in [0.29, 0.717) is 0 Å². The van der Waals surface area contributed by atoms with Gasteiger partial charge < -0.3 is 29.9 Å². The zero-order valence-electron chi connectivity index (χ0n) is 19.7. The van der Waals surface area contributed by atoms with E-state index in [4.69, 9.17) is 9.47 Å². The van der Waals surface area contributed by atoms with Crippen molar-refractivity contribution in [1.82, 2.24) is 20.4 Å². The molecule has 0 spiro atoms. The Balaban J connectivity index is 1.85. The first-order valence-corrected chi connectivity index (χ1v) is 11.1. The van der Waals surface area contributed by atoms with Gasteiger partial charge in [0.2, 0.25) is 0 Å². The van der Waals surface area contributed by atoms with Crippen LogP contribution in [0.15, 0.2) is 23.2 Å². The van der Waals surface area contributed by atoms with E-state index in [1.165, 1.54) is 31.4 Å². The van der Waals surface area contributed by atoms with Crippen molar-refractivity contribution < 1.29 is 9.47 Å². The van der Waals surface area contributed by atoms with Crippen LogP contribution in [0.1, 0.15) is 44.2 Å². The number of guanidine groups is 1. The van der Waals surface area contributed by atoms with E-state index >= 15 is 0 Å². The lowest BCUT2D eigenvalue weighted by Gasteiger charge is -2.33. The largest absolute Gasteiger partial charge is 0.493 e. The van der Waals surface area contributed by atoms with Gasteiger partial charge in [-0.15, -0.1) is 0 Å². The topological polar surface area (TPSA) is 61.4 Å². The molecular formula is C23H41N5O2. The maximum absolute atomic E-state index is 5.47. The van der Waals surface area contributed by atoms with Crippen LogP contribution in [0.25, 0.3) is 0 Å². The zero-order valence-corrected chi connectivity index (χ0v) is 19.7. The van der Waals surface area contributed by atoms with Crippen molar-refractivity contribution >= 4 is 5.96 Å². The highest BCUT2D eigenvalue weighted by molar-refractivity contribution is 5.79. The van der Waals surface area contributed by atoms with E-state index < -0.39 is 0 Å². The Morgan fingerprint density at radius 3 is 2.60 bits per heavy atom. The van der Waals surface area contributed by atoms with Crippen molar-refractivity contribution in [1.29, 1.82) is 0 Å². The molecule has 0 aromatic heterocycles. The number of aliphatic imine (C=N–C) groups is 1. The second-order valence-electron chi connectivity index (χ2n) is 8.21. The molecule has 0 amide bonds. The lowest BCUT2D eigenvalue weighted by molar-refractivity contribution is 0.159. The number of hydrogen-bond donors (Lipinski definition) is 2. The molecule has 2 unspecified atom stereocenters. The average molecular weight is 420 g/mol. The lowest BCUT2D eigenvalue weighted by atomic mass is 10.0. The quantitative estimate of drug-likeness (QED) is 0.345. The third-order valence-corrected chi connectivity index (χ3v) is 5.96. The first-order chi connectivity index (χ1) is 14.5. The van der Waals surface area contributed by atoms with Crippen LogP contribution in [0.2, 0.25) is 0 Å². The highest BCUT2D eigenvalue weighted by atomic mass is 16.5. The maximum atomic E-state index is 5.47. The molecule has 0 radical (unpaired) electrons. The zero-order chi connectivity index (χ0) is 21.9. The summed E-state index contributed by atoms with van der Waals surface area (Å²) in [4.78, 5) is 9.20. The van der Waals surface area contributed by atoms with Crippen LogP contribution in [0.3, 0.4) is 0 Å². The van der Waals surface area contributed by atoms with E-state index in [-0.39, 0.29) is 6.04 Å². The van der Waals surface area contributed by atoms with Gasteiger partial charge in [-0.2, -0.15) is 0 Å². The number of nitrogens with zero attached hydrogens (tertiary/aromatic N) is 3. The standard InChI is InChI=1S/C23H41N5O2/c1-18-10-7-8-14-28(18)15-9-13-25-23(24-2)26-17-20(27(3)4)19-11-12-21(29-5)22(16-19)30-6/h11-12,16,18,20H,7-10,13-15,17H2,1-6H3,(H2,24,25,26).